The number of benzene rings is 1. The Bertz CT molecular complexity index is 735. The Morgan fingerprint density at radius 3 is 2.77 bits per heavy atom. The van der Waals surface area contributed by atoms with Crippen LogP contribution in [0.5, 0.6) is 0 Å². The van der Waals surface area contributed by atoms with Crippen molar-refractivity contribution in [2.75, 3.05) is 5.43 Å². The SMILES string of the molecule is CCCc1cc(=O)[nH]c(NN=Cc2ccc(C(=O)O)cc2)n1. The summed E-state index contributed by atoms with van der Waals surface area (Å²) in [6.07, 6.45) is 3.13. The summed E-state index contributed by atoms with van der Waals surface area (Å²) in [6.45, 7) is 2.01. The molecule has 7 heteroatoms. The molecule has 114 valence electrons. The van der Waals surface area contributed by atoms with E-state index in [-0.39, 0.29) is 17.1 Å². The van der Waals surface area contributed by atoms with Crippen LogP contribution < -0.4 is 11.0 Å². The highest BCUT2D eigenvalue weighted by molar-refractivity contribution is 5.89. The number of H-pyrrole nitrogens is 1. The Morgan fingerprint density at radius 1 is 1.41 bits per heavy atom. The molecule has 0 bridgehead atoms. The summed E-state index contributed by atoms with van der Waals surface area (Å²) in [5, 5.41) is 12.8. The van der Waals surface area contributed by atoms with E-state index < -0.39 is 5.97 Å². The average molecular weight is 300 g/mol. The van der Waals surface area contributed by atoms with Crippen molar-refractivity contribution in [1.82, 2.24) is 9.97 Å². The number of aromatic amines is 1. The first-order valence-electron chi connectivity index (χ1n) is 6.81. The molecule has 2 aromatic rings. The topological polar surface area (TPSA) is 107 Å². The first-order chi connectivity index (χ1) is 10.6. The number of nitrogens with zero attached hydrogens (tertiary/aromatic N) is 2. The molecule has 0 aliphatic carbocycles. The molecule has 0 aliphatic rings. The van der Waals surface area contributed by atoms with Gasteiger partial charge in [-0.1, -0.05) is 25.5 Å². The van der Waals surface area contributed by atoms with Crippen LogP contribution in [0, 0.1) is 0 Å². The van der Waals surface area contributed by atoms with E-state index in [0.29, 0.717) is 5.69 Å². The van der Waals surface area contributed by atoms with Crippen LogP contribution in [0.1, 0.15) is 35.0 Å². The van der Waals surface area contributed by atoms with E-state index in [2.05, 4.69) is 20.5 Å². The monoisotopic (exact) mass is 300 g/mol. The molecule has 0 aliphatic heterocycles. The molecule has 0 unspecified atom stereocenters. The van der Waals surface area contributed by atoms with Gasteiger partial charge in [-0.3, -0.25) is 9.78 Å². The van der Waals surface area contributed by atoms with Gasteiger partial charge in [0.25, 0.3) is 5.56 Å². The summed E-state index contributed by atoms with van der Waals surface area (Å²) in [4.78, 5) is 29.0. The van der Waals surface area contributed by atoms with Crippen LogP contribution in [0.25, 0.3) is 0 Å². The van der Waals surface area contributed by atoms with E-state index in [9.17, 15) is 9.59 Å². The lowest BCUT2D eigenvalue weighted by atomic mass is 10.1. The maximum Gasteiger partial charge on any atom is 0.335 e. The molecule has 0 fully saturated rings. The summed E-state index contributed by atoms with van der Waals surface area (Å²) in [5.41, 5.74) is 4.06. The Labute approximate surface area is 126 Å². The minimum atomic E-state index is -0.976. The van der Waals surface area contributed by atoms with Gasteiger partial charge in [0.15, 0.2) is 0 Å². The Kier molecular flexibility index (Phi) is 5.02. The molecular weight excluding hydrogens is 284 g/mol. The molecule has 0 saturated heterocycles. The normalized spacial score (nSPS) is 10.8. The zero-order chi connectivity index (χ0) is 15.9. The third-order valence-electron chi connectivity index (χ3n) is 2.84. The Morgan fingerprint density at radius 2 is 2.14 bits per heavy atom. The second kappa shape index (κ2) is 7.16. The molecule has 3 N–H and O–H groups in total. The van der Waals surface area contributed by atoms with E-state index in [1.54, 1.807) is 12.1 Å². The molecule has 1 aromatic carbocycles. The van der Waals surface area contributed by atoms with Crippen molar-refractivity contribution >= 4 is 18.1 Å². The second-order valence-corrected chi connectivity index (χ2v) is 4.63. The van der Waals surface area contributed by atoms with Crippen molar-refractivity contribution in [2.45, 2.75) is 19.8 Å². The third-order valence-corrected chi connectivity index (χ3v) is 2.84. The molecule has 1 heterocycles. The number of carboxylic acid groups (broad SMARTS) is 1. The molecule has 0 saturated carbocycles. The van der Waals surface area contributed by atoms with Crippen LogP contribution in [-0.4, -0.2) is 27.3 Å². The summed E-state index contributed by atoms with van der Waals surface area (Å²) >= 11 is 0. The van der Waals surface area contributed by atoms with E-state index in [1.807, 2.05) is 6.92 Å². The maximum absolute atomic E-state index is 11.5. The van der Waals surface area contributed by atoms with Crippen molar-refractivity contribution in [1.29, 1.82) is 0 Å². The number of carboxylic acids is 1. The van der Waals surface area contributed by atoms with Crippen molar-refractivity contribution in [2.24, 2.45) is 5.10 Å². The van der Waals surface area contributed by atoms with Crippen molar-refractivity contribution in [3.8, 4) is 0 Å². The van der Waals surface area contributed by atoms with Gasteiger partial charge >= 0.3 is 5.97 Å². The number of carbonyl (C=O) groups is 1. The fourth-order valence-electron chi connectivity index (χ4n) is 1.82. The van der Waals surface area contributed by atoms with E-state index >= 15 is 0 Å². The average Bonchev–Trinajstić information content (AvgIpc) is 2.47. The molecule has 7 nitrogen and oxygen atoms in total. The quantitative estimate of drug-likeness (QED) is 0.557. The number of aromatic carboxylic acids is 1. The van der Waals surface area contributed by atoms with Gasteiger partial charge in [0.05, 0.1) is 11.8 Å². The lowest BCUT2D eigenvalue weighted by Gasteiger charge is -2.02. The Hall–Kier alpha value is -2.96. The number of hydrogen-bond donors (Lipinski definition) is 3. The van der Waals surface area contributed by atoms with Gasteiger partial charge in [0.2, 0.25) is 5.95 Å². The molecule has 0 radical (unpaired) electrons. The van der Waals surface area contributed by atoms with Crippen LogP contribution in [0.3, 0.4) is 0 Å². The highest BCUT2D eigenvalue weighted by Gasteiger charge is 2.01. The second-order valence-electron chi connectivity index (χ2n) is 4.63. The fraction of sp³-hybridized carbons (Fsp3) is 0.200. The molecule has 0 atom stereocenters. The smallest absolute Gasteiger partial charge is 0.335 e. The predicted octanol–water partition coefficient (Wildman–Crippen LogP) is 1.87. The summed E-state index contributed by atoms with van der Waals surface area (Å²) in [7, 11) is 0. The largest absolute Gasteiger partial charge is 0.478 e. The lowest BCUT2D eigenvalue weighted by molar-refractivity contribution is 0.0697. The van der Waals surface area contributed by atoms with E-state index in [0.717, 1.165) is 18.4 Å². The van der Waals surface area contributed by atoms with Crippen LogP contribution in [0.2, 0.25) is 0 Å². The van der Waals surface area contributed by atoms with Crippen LogP contribution in [-0.2, 0) is 6.42 Å². The number of aromatic nitrogens is 2. The molecule has 22 heavy (non-hydrogen) atoms. The number of hydrazone groups is 1. The number of rotatable bonds is 6. The van der Waals surface area contributed by atoms with Gasteiger partial charge in [-0.05, 0) is 24.1 Å². The molecule has 2 rings (SSSR count). The molecule has 0 amide bonds. The summed E-state index contributed by atoms with van der Waals surface area (Å²) in [6, 6.07) is 7.72. The zero-order valence-electron chi connectivity index (χ0n) is 12.0. The van der Waals surface area contributed by atoms with Crippen molar-refractivity contribution in [3.63, 3.8) is 0 Å². The van der Waals surface area contributed by atoms with Crippen LogP contribution in [0.4, 0.5) is 5.95 Å². The fourth-order valence-corrected chi connectivity index (χ4v) is 1.82. The van der Waals surface area contributed by atoms with Gasteiger partial charge in [-0.25, -0.2) is 15.2 Å². The van der Waals surface area contributed by atoms with Gasteiger partial charge in [0.1, 0.15) is 0 Å². The number of aryl methyl sites for hydroxylation is 1. The first-order valence-corrected chi connectivity index (χ1v) is 6.81. The number of nitrogens with one attached hydrogen (secondary N) is 2. The van der Waals surface area contributed by atoms with E-state index in [1.165, 1.54) is 24.4 Å². The van der Waals surface area contributed by atoms with Crippen molar-refractivity contribution in [3.05, 3.63) is 57.5 Å². The molecular formula is C15H16N4O3. The standard InChI is InChI=1S/C15H16N4O3/c1-2-3-12-8-13(20)18-15(17-12)19-16-9-10-4-6-11(7-5-10)14(21)22/h4-9H,2-3H2,1H3,(H,21,22)(H2,17,18,19,20). The van der Waals surface area contributed by atoms with Gasteiger partial charge in [-0.15, -0.1) is 0 Å². The van der Waals surface area contributed by atoms with E-state index in [4.69, 9.17) is 5.11 Å². The van der Waals surface area contributed by atoms with Gasteiger partial charge in [0, 0.05) is 11.8 Å². The minimum absolute atomic E-state index is 0.211. The molecule has 1 aromatic heterocycles. The van der Waals surface area contributed by atoms with Crippen LogP contribution in [0.15, 0.2) is 40.2 Å². The van der Waals surface area contributed by atoms with Crippen LogP contribution >= 0.6 is 0 Å². The summed E-state index contributed by atoms with van der Waals surface area (Å²) in [5.74, 6) is -0.703. The molecule has 0 spiro atoms. The van der Waals surface area contributed by atoms with Crippen molar-refractivity contribution < 1.29 is 9.90 Å². The third kappa shape index (κ3) is 4.27. The zero-order valence-corrected chi connectivity index (χ0v) is 12.0. The number of anilines is 1. The minimum Gasteiger partial charge on any atom is -0.478 e. The highest BCUT2D eigenvalue weighted by atomic mass is 16.4. The Balaban J connectivity index is 2.05. The summed E-state index contributed by atoms with van der Waals surface area (Å²) < 4.78 is 0. The highest BCUT2D eigenvalue weighted by Crippen LogP contribution is 2.03. The lowest BCUT2D eigenvalue weighted by Crippen LogP contribution is -2.11. The van der Waals surface area contributed by atoms with Gasteiger partial charge < -0.3 is 5.11 Å². The maximum atomic E-state index is 11.5. The predicted molar refractivity (Wildman–Crippen MR) is 83.5 cm³/mol. The van der Waals surface area contributed by atoms with Gasteiger partial charge in [-0.2, -0.15) is 5.10 Å². The number of hydrogen-bond acceptors (Lipinski definition) is 5. The first kappa shape index (κ1) is 15.4.